The minimum absolute atomic E-state index is 0.0888. The van der Waals surface area contributed by atoms with Gasteiger partial charge in [0.25, 0.3) is 5.91 Å². The molecule has 1 atom stereocenters. The van der Waals surface area contributed by atoms with Crippen molar-refractivity contribution < 1.29 is 28.7 Å². The fraction of sp³-hybridized carbons (Fsp3) is 0.500. The number of fused-ring (bicyclic) bond motifs is 1. The van der Waals surface area contributed by atoms with Crippen LogP contribution in [0.3, 0.4) is 0 Å². The molecule has 10 nitrogen and oxygen atoms in total. The number of carbonyl (C=O) groups is 4. The van der Waals surface area contributed by atoms with E-state index in [0.29, 0.717) is 17.1 Å². The highest BCUT2D eigenvalue weighted by Gasteiger charge is 2.50. The molecule has 0 spiro atoms. The summed E-state index contributed by atoms with van der Waals surface area (Å²) >= 11 is 0. The third kappa shape index (κ3) is 4.17. The lowest BCUT2D eigenvalue weighted by atomic mass is 9.91. The minimum Gasteiger partial charge on any atom is -0.454 e. The number of imide groups is 1. The number of hydrogen-bond donors (Lipinski definition) is 2. The van der Waals surface area contributed by atoms with Crippen LogP contribution >= 0.6 is 0 Å². The third-order valence-electron chi connectivity index (χ3n) is 4.84. The molecule has 3 rings (SSSR count). The molecule has 2 heterocycles. The summed E-state index contributed by atoms with van der Waals surface area (Å²) in [5.74, 6) is -0.387. The van der Waals surface area contributed by atoms with Gasteiger partial charge >= 0.3 is 6.03 Å². The standard InChI is InChI=1S/C20H26N4O6/c1-19(2,3)21-15(25)9-23(5)16(26)10-24-17(27)20(4,22-18(24)28)12-6-7-13-14(8-12)30-11-29-13/h6-8H,9-11H2,1-5H3,(H,21,25)(H,22,28)/t20-/m1/s1. The largest absolute Gasteiger partial charge is 0.454 e. The molecule has 0 saturated carbocycles. The van der Waals surface area contributed by atoms with Gasteiger partial charge in [-0.25, -0.2) is 4.79 Å². The second-order valence-corrected chi connectivity index (χ2v) is 8.56. The van der Waals surface area contributed by atoms with Crippen LogP contribution in [0.4, 0.5) is 4.79 Å². The lowest BCUT2D eigenvalue weighted by Gasteiger charge is -2.25. The van der Waals surface area contributed by atoms with E-state index in [2.05, 4.69) is 10.6 Å². The molecule has 10 heteroatoms. The molecule has 1 fully saturated rings. The summed E-state index contributed by atoms with van der Waals surface area (Å²) in [6.07, 6.45) is 0. The van der Waals surface area contributed by atoms with Gasteiger partial charge in [-0.3, -0.25) is 19.3 Å². The first-order chi connectivity index (χ1) is 13.9. The van der Waals surface area contributed by atoms with Crippen molar-refractivity contribution in [2.24, 2.45) is 0 Å². The predicted octanol–water partition coefficient (Wildman–Crippen LogP) is 0.555. The first-order valence-corrected chi connectivity index (χ1v) is 9.50. The molecule has 2 N–H and O–H groups in total. The number of likely N-dealkylation sites (N-methyl/N-ethyl adjacent to an activating group) is 1. The second kappa shape index (κ2) is 7.51. The Balaban J connectivity index is 1.69. The smallest absolute Gasteiger partial charge is 0.325 e. The number of rotatable bonds is 5. The Morgan fingerprint density at radius 3 is 2.57 bits per heavy atom. The summed E-state index contributed by atoms with van der Waals surface area (Å²) < 4.78 is 10.6. The van der Waals surface area contributed by atoms with Gasteiger partial charge in [0.1, 0.15) is 12.1 Å². The summed E-state index contributed by atoms with van der Waals surface area (Å²) in [7, 11) is 1.44. The Bertz CT molecular complexity index is 909. The van der Waals surface area contributed by atoms with E-state index in [0.717, 1.165) is 4.90 Å². The van der Waals surface area contributed by atoms with Crippen molar-refractivity contribution in [3.05, 3.63) is 23.8 Å². The number of nitrogens with zero attached hydrogens (tertiary/aromatic N) is 2. The van der Waals surface area contributed by atoms with Gasteiger partial charge in [-0.15, -0.1) is 0 Å². The number of ether oxygens (including phenoxy) is 2. The molecule has 1 aromatic carbocycles. The van der Waals surface area contributed by atoms with Crippen molar-refractivity contribution in [3.8, 4) is 11.5 Å². The maximum absolute atomic E-state index is 13.0. The Kier molecular flexibility index (Phi) is 5.36. The maximum atomic E-state index is 13.0. The lowest BCUT2D eigenvalue weighted by molar-refractivity contribution is -0.139. The topological polar surface area (TPSA) is 117 Å². The molecule has 1 saturated heterocycles. The number of nitrogens with one attached hydrogen (secondary N) is 2. The Hall–Kier alpha value is -3.30. The van der Waals surface area contributed by atoms with Crippen LogP contribution in [0.1, 0.15) is 33.3 Å². The van der Waals surface area contributed by atoms with Crippen molar-refractivity contribution in [3.63, 3.8) is 0 Å². The highest BCUT2D eigenvalue weighted by molar-refractivity contribution is 6.09. The van der Waals surface area contributed by atoms with Crippen molar-refractivity contribution in [1.82, 2.24) is 20.4 Å². The van der Waals surface area contributed by atoms with Crippen molar-refractivity contribution >= 4 is 23.8 Å². The zero-order chi connectivity index (χ0) is 22.3. The summed E-state index contributed by atoms with van der Waals surface area (Å²) in [5.41, 5.74) is -1.27. The summed E-state index contributed by atoms with van der Waals surface area (Å²) in [6, 6.07) is 4.29. The van der Waals surface area contributed by atoms with Gasteiger partial charge in [0, 0.05) is 12.6 Å². The van der Waals surface area contributed by atoms with E-state index in [1.807, 2.05) is 20.8 Å². The molecular weight excluding hydrogens is 392 g/mol. The van der Waals surface area contributed by atoms with E-state index in [4.69, 9.17) is 9.47 Å². The van der Waals surface area contributed by atoms with Crippen LogP contribution in [-0.4, -0.2) is 66.0 Å². The minimum atomic E-state index is -1.35. The Morgan fingerprint density at radius 2 is 1.90 bits per heavy atom. The maximum Gasteiger partial charge on any atom is 0.325 e. The number of hydrogen-bond acceptors (Lipinski definition) is 6. The Labute approximate surface area is 174 Å². The quantitative estimate of drug-likeness (QED) is 0.675. The van der Waals surface area contributed by atoms with Crippen molar-refractivity contribution in [2.45, 2.75) is 38.8 Å². The van der Waals surface area contributed by atoms with E-state index in [-0.39, 0.29) is 19.2 Å². The average Bonchev–Trinajstić information content (AvgIpc) is 3.18. The van der Waals surface area contributed by atoms with E-state index in [1.54, 1.807) is 25.1 Å². The number of carbonyl (C=O) groups excluding carboxylic acids is 4. The van der Waals surface area contributed by atoms with Gasteiger partial charge in [-0.1, -0.05) is 6.07 Å². The van der Waals surface area contributed by atoms with Gasteiger partial charge in [0.15, 0.2) is 11.5 Å². The van der Waals surface area contributed by atoms with Crippen LogP contribution in [0.15, 0.2) is 18.2 Å². The monoisotopic (exact) mass is 418 g/mol. The summed E-state index contributed by atoms with van der Waals surface area (Å²) in [5, 5.41) is 5.40. The molecule has 162 valence electrons. The molecular formula is C20H26N4O6. The molecule has 5 amide bonds. The molecule has 0 bridgehead atoms. The fourth-order valence-corrected chi connectivity index (χ4v) is 3.26. The van der Waals surface area contributed by atoms with E-state index < -0.39 is 35.5 Å². The van der Waals surface area contributed by atoms with E-state index in [1.165, 1.54) is 11.9 Å². The number of urea groups is 1. The zero-order valence-electron chi connectivity index (χ0n) is 17.7. The third-order valence-corrected chi connectivity index (χ3v) is 4.84. The molecule has 0 radical (unpaired) electrons. The predicted molar refractivity (Wildman–Crippen MR) is 106 cm³/mol. The van der Waals surface area contributed by atoms with E-state index in [9.17, 15) is 19.2 Å². The molecule has 0 aromatic heterocycles. The lowest BCUT2D eigenvalue weighted by Crippen LogP contribution is -2.48. The molecule has 0 aliphatic carbocycles. The van der Waals surface area contributed by atoms with Crippen LogP contribution < -0.4 is 20.1 Å². The molecule has 0 unspecified atom stereocenters. The van der Waals surface area contributed by atoms with Crippen LogP contribution in [0.25, 0.3) is 0 Å². The zero-order valence-corrected chi connectivity index (χ0v) is 17.7. The van der Waals surface area contributed by atoms with Gasteiger partial charge in [0.05, 0.1) is 6.54 Å². The van der Waals surface area contributed by atoms with Crippen LogP contribution in [0, 0.1) is 0 Å². The highest BCUT2D eigenvalue weighted by Crippen LogP contribution is 2.37. The van der Waals surface area contributed by atoms with Gasteiger partial charge in [-0.05, 0) is 45.4 Å². The van der Waals surface area contributed by atoms with E-state index >= 15 is 0 Å². The normalized spacial score (nSPS) is 20.2. The SMILES string of the molecule is CN(CC(=O)NC(C)(C)C)C(=O)CN1C(=O)N[C@](C)(c2ccc3c(c2)OCO3)C1=O. The van der Waals surface area contributed by atoms with Crippen LogP contribution in [-0.2, 0) is 19.9 Å². The molecule has 30 heavy (non-hydrogen) atoms. The first kappa shape index (κ1) is 21.4. The van der Waals surface area contributed by atoms with Crippen molar-refractivity contribution in [2.75, 3.05) is 26.9 Å². The first-order valence-electron chi connectivity index (χ1n) is 9.50. The molecule has 2 aliphatic heterocycles. The molecule has 1 aromatic rings. The number of benzene rings is 1. The highest BCUT2D eigenvalue weighted by atomic mass is 16.7. The second-order valence-electron chi connectivity index (χ2n) is 8.56. The number of amides is 5. The summed E-state index contributed by atoms with van der Waals surface area (Å²) in [4.78, 5) is 52.1. The fourth-order valence-electron chi connectivity index (χ4n) is 3.26. The van der Waals surface area contributed by atoms with Crippen LogP contribution in [0.2, 0.25) is 0 Å². The summed E-state index contributed by atoms with van der Waals surface area (Å²) in [6.45, 7) is 6.50. The molecule has 2 aliphatic rings. The Morgan fingerprint density at radius 1 is 1.23 bits per heavy atom. The average molecular weight is 418 g/mol. The van der Waals surface area contributed by atoms with Crippen LogP contribution in [0.5, 0.6) is 11.5 Å². The van der Waals surface area contributed by atoms with Gasteiger partial charge in [-0.2, -0.15) is 0 Å². The van der Waals surface area contributed by atoms with Crippen molar-refractivity contribution in [1.29, 1.82) is 0 Å². The van der Waals surface area contributed by atoms with Gasteiger partial charge in [0.2, 0.25) is 18.6 Å². The van der Waals surface area contributed by atoms with Gasteiger partial charge < -0.3 is 25.0 Å².